The molecule has 0 unspecified atom stereocenters. The summed E-state index contributed by atoms with van der Waals surface area (Å²) in [5, 5.41) is 28.4. The highest BCUT2D eigenvalue weighted by Gasteiger charge is 2.33. The van der Waals surface area contributed by atoms with Crippen molar-refractivity contribution in [2.45, 2.75) is 44.7 Å². The molecule has 0 bridgehead atoms. The number of carbonyl (C=O) groups is 3. The van der Waals surface area contributed by atoms with Crippen LogP contribution in [0.25, 0.3) is 0 Å². The predicted molar refractivity (Wildman–Crippen MR) is 163 cm³/mol. The summed E-state index contributed by atoms with van der Waals surface area (Å²) in [4.78, 5) is 44.0. The Kier molecular flexibility index (Phi) is 12.4. The molecule has 3 rings (SSSR count). The number of methoxy groups -OCH3 is 2. The first kappa shape index (κ1) is 33.4. The van der Waals surface area contributed by atoms with Crippen molar-refractivity contribution >= 4 is 36.4 Å². The number of nitrogens with one attached hydrogen (secondary N) is 3. The van der Waals surface area contributed by atoms with Crippen LogP contribution in [0.3, 0.4) is 0 Å². The van der Waals surface area contributed by atoms with Gasteiger partial charge in [0, 0.05) is 17.6 Å². The summed E-state index contributed by atoms with van der Waals surface area (Å²) in [6.45, 7) is 3.48. The minimum atomic E-state index is -1.86. The van der Waals surface area contributed by atoms with Crippen LogP contribution in [0.5, 0.6) is 11.5 Å². The SMILES string of the molecule is COc1ccc(C[C@H](NC(=O)[C@@H](NC(=O)[C@H](Cc2ccc(OC)cc2)NC(=O)c2cc(Cl)ccn2)C(C)C)B(O)O)cc1. The van der Waals surface area contributed by atoms with Crippen molar-refractivity contribution in [3.8, 4) is 11.5 Å². The van der Waals surface area contributed by atoms with Crippen molar-refractivity contribution in [2.24, 2.45) is 5.92 Å². The number of benzene rings is 2. The van der Waals surface area contributed by atoms with Crippen molar-refractivity contribution < 1.29 is 33.9 Å². The highest BCUT2D eigenvalue weighted by atomic mass is 35.5. The van der Waals surface area contributed by atoms with E-state index in [0.29, 0.717) is 16.5 Å². The maximum Gasteiger partial charge on any atom is 0.475 e. The van der Waals surface area contributed by atoms with Crippen molar-refractivity contribution in [3.63, 3.8) is 0 Å². The van der Waals surface area contributed by atoms with Gasteiger partial charge in [-0.1, -0.05) is 49.7 Å². The van der Waals surface area contributed by atoms with Crippen molar-refractivity contribution in [3.05, 3.63) is 88.7 Å². The van der Waals surface area contributed by atoms with Gasteiger partial charge in [0.15, 0.2) is 0 Å². The lowest BCUT2D eigenvalue weighted by Crippen LogP contribution is -2.59. The second kappa shape index (κ2) is 15.9. The van der Waals surface area contributed by atoms with Gasteiger partial charge in [0.25, 0.3) is 5.91 Å². The van der Waals surface area contributed by atoms with Crippen LogP contribution in [0.15, 0.2) is 66.9 Å². The number of halogens is 1. The summed E-state index contributed by atoms with van der Waals surface area (Å²) in [6, 6.07) is 14.7. The number of carbonyl (C=O) groups excluding carboxylic acids is 3. The van der Waals surface area contributed by atoms with Gasteiger partial charge in [0.2, 0.25) is 11.8 Å². The summed E-state index contributed by atoms with van der Waals surface area (Å²) in [5.74, 6) is -2.01. The van der Waals surface area contributed by atoms with E-state index in [4.69, 9.17) is 21.1 Å². The molecule has 0 saturated carbocycles. The predicted octanol–water partition coefficient (Wildman–Crippen LogP) is 1.97. The summed E-state index contributed by atoms with van der Waals surface area (Å²) in [6.07, 6.45) is 1.60. The number of pyridine rings is 1. The highest BCUT2D eigenvalue weighted by Crippen LogP contribution is 2.16. The lowest BCUT2D eigenvalue weighted by molar-refractivity contribution is -0.131. The molecular formula is C30H36BClN4O7. The van der Waals surface area contributed by atoms with Crippen LogP contribution in [0.1, 0.15) is 35.5 Å². The van der Waals surface area contributed by atoms with Crippen molar-refractivity contribution in [1.82, 2.24) is 20.9 Å². The van der Waals surface area contributed by atoms with Gasteiger partial charge in [0.05, 0.1) is 20.2 Å². The minimum Gasteiger partial charge on any atom is -0.497 e. The van der Waals surface area contributed by atoms with Gasteiger partial charge in [-0.25, -0.2) is 0 Å². The third-order valence-corrected chi connectivity index (χ3v) is 6.96. The number of ether oxygens (including phenoxy) is 2. The second-order valence-corrected chi connectivity index (χ2v) is 10.7. The zero-order chi connectivity index (χ0) is 31.5. The summed E-state index contributed by atoms with van der Waals surface area (Å²) < 4.78 is 10.4. The molecule has 3 aromatic rings. The van der Waals surface area contributed by atoms with E-state index in [1.165, 1.54) is 32.5 Å². The van der Waals surface area contributed by atoms with Gasteiger partial charge in [-0.05, 0) is 59.9 Å². The Morgan fingerprint density at radius 3 is 1.88 bits per heavy atom. The lowest BCUT2D eigenvalue weighted by atomic mass is 9.75. The highest BCUT2D eigenvalue weighted by molar-refractivity contribution is 6.43. The summed E-state index contributed by atoms with van der Waals surface area (Å²) in [7, 11) is 1.22. The fraction of sp³-hybridized carbons (Fsp3) is 0.333. The molecule has 0 aliphatic rings. The monoisotopic (exact) mass is 610 g/mol. The van der Waals surface area contributed by atoms with Crippen LogP contribution in [-0.4, -0.2) is 72.1 Å². The Balaban J connectivity index is 1.78. The van der Waals surface area contributed by atoms with E-state index >= 15 is 0 Å². The molecule has 0 radical (unpaired) electrons. The average molecular weight is 611 g/mol. The van der Waals surface area contributed by atoms with Crippen LogP contribution < -0.4 is 25.4 Å². The van der Waals surface area contributed by atoms with Gasteiger partial charge < -0.3 is 35.5 Å². The number of hydrogen-bond donors (Lipinski definition) is 5. The van der Waals surface area contributed by atoms with Gasteiger partial charge in [-0.2, -0.15) is 0 Å². The Hall–Kier alpha value is -4.13. The molecule has 0 aliphatic carbocycles. The Labute approximate surface area is 256 Å². The molecule has 0 aliphatic heterocycles. The number of rotatable bonds is 14. The standard InChI is InChI=1S/C30H36BClN4O7/c1-18(2)27(30(39)35-26(31(40)41)16-20-7-11-23(43-4)12-8-20)36-29(38)25(15-19-5-9-22(42-3)10-6-19)34-28(37)24-17-21(32)13-14-33-24/h5-14,17-18,25-27,40-41H,15-16H2,1-4H3,(H,34,37)(H,35,39)(H,36,38)/t25-,26-,27-/m0/s1. The van der Waals surface area contributed by atoms with Crippen LogP contribution in [0, 0.1) is 5.92 Å². The third-order valence-electron chi connectivity index (χ3n) is 6.72. The fourth-order valence-electron chi connectivity index (χ4n) is 4.28. The van der Waals surface area contributed by atoms with E-state index in [9.17, 15) is 24.4 Å². The zero-order valence-corrected chi connectivity index (χ0v) is 25.2. The molecule has 0 spiro atoms. The van der Waals surface area contributed by atoms with E-state index in [0.717, 1.165) is 11.1 Å². The van der Waals surface area contributed by atoms with E-state index in [1.807, 2.05) is 0 Å². The van der Waals surface area contributed by atoms with Gasteiger partial charge in [0.1, 0.15) is 29.3 Å². The first-order chi connectivity index (χ1) is 20.5. The second-order valence-electron chi connectivity index (χ2n) is 10.2. The molecule has 5 N–H and O–H groups in total. The van der Waals surface area contributed by atoms with Crippen LogP contribution >= 0.6 is 11.6 Å². The van der Waals surface area contributed by atoms with E-state index < -0.39 is 42.9 Å². The topological polar surface area (TPSA) is 159 Å². The first-order valence-corrected chi connectivity index (χ1v) is 14.0. The van der Waals surface area contributed by atoms with Crippen LogP contribution in [-0.2, 0) is 22.4 Å². The third kappa shape index (κ3) is 9.98. The summed E-state index contributed by atoms with van der Waals surface area (Å²) in [5.41, 5.74) is 1.49. The number of hydrogen-bond acceptors (Lipinski definition) is 8. The molecule has 228 valence electrons. The van der Waals surface area contributed by atoms with E-state index in [1.54, 1.807) is 62.4 Å². The molecule has 13 heteroatoms. The van der Waals surface area contributed by atoms with Gasteiger partial charge >= 0.3 is 7.12 Å². The van der Waals surface area contributed by atoms with Crippen LogP contribution in [0.2, 0.25) is 5.02 Å². The van der Waals surface area contributed by atoms with Crippen LogP contribution in [0.4, 0.5) is 0 Å². The van der Waals surface area contributed by atoms with E-state index in [2.05, 4.69) is 20.9 Å². The average Bonchev–Trinajstić information content (AvgIpc) is 2.99. The van der Waals surface area contributed by atoms with E-state index in [-0.39, 0.29) is 24.5 Å². The molecule has 0 fully saturated rings. The molecule has 43 heavy (non-hydrogen) atoms. The van der Waals surface area contributed by atoms with Crippen molar-refractivity contribution in [1.29, 1.82) is 0 Å². The minimum absolute atomic E-state index is 0.0245. The number of amides is 3. The zero-order valence-electron chi connectivity index (χ0n) is 24.4. The molecule has 11 nitrogen and oxygen atoms in total. The maximum atomic E-state index is 13.6. The quantitative estimate of drug-likeness (QED) is 0.173. The van der Waals surface area contributed by atoms with Gasteiger partial charge in [-0.15, -0.1) is 0 Å². The maximum absolute atomic E-state index is 13.6. The molecule has 1 aromatic heterocycles. The largest absolute Gasteiger partial charge is 0.497 e. The molecular weight excluding hydrogens is 575 g/mol. The van der Waals surface area contributed by atoms with Crippen molar-refractivity contribution in [2.75, 3.05) is 14.2 Å². The lowest BCUT2D eigenvalue weighted by Gasteiger charge is -2.27. The smallest absolute Gasteiger partial charge is 0.475 e. The Morgan fingerprint density at radius 1 is 0.837 bits per heavy atom. The number of nitrogens with zero attached hydrogens (tertiary/aromatic N) is 1. The molecule has 0 saturated heterocycles. The Bertz CT molecular complexity index is 1370. The summed E-state index contributed by atoms with van der Waals surface area (Å²) >= 11 is 6.02. The molecule has 3 atom stereocenters. The fourth-order valence-corrected chi connectivity index (χ4v) is 4.44. The normalized spacial score (nSPS) is 12.9. The molecule has 1 heterocycles. The number of aromatic nitrogens is 1. The molecule has 2 aromatic carbocycles. The molecule has 3 amide bonds. The van der Waals surface area contributed by atoms with Gasteiger partial charge in [-0.3, -0.25) is 19.4 Å². The Morgan fingerprint density at radius 2 is 1.40 bits per heavy atom. The first-order valence-electron chi connectivity index (χ1n) is 13.7.